The molecule has 1 atom stereocenters. The van der Waals surface area contributed by atoms with E-state index in [-0.39, 0.29) is 24.0 Å². The maximum absolute atomic E-state index is 4.51. The molecule has 0 saturated carbocycles. The molecule has 2 saturated heterocycles. The first kappa shape index (κ1) is 21.5. The summed E-state index contributed by atoms with van der Waals surface area (Å²) in [5, 5.41) is 7.92. The number of rotatable bonds is 5. The van der Waals surface area contributed by atoms with E-state index in [1.807, 2.05) is 25.0 Å². The van der Waals surface area contributed by atoms with E-state index in [1.165, 1.54) is 50.9 Å². The Kier molecular flexibility index (Phi) is 8.66. The number of aryl methyl sites for hydroxylation is 1. The summed E-state index contributed by atoms with van der Waals surface area (Å²) in [6, 6.07) is 0. The van der Waals surface area contributed by atoms with Crippen molar-refractivity contribution < 1.29 is 0 Å². The smallest absolute Gasteiger partial charge is 0.193 e. The van der Waals surface area contributed by atoms with Gasteiger partial charge in [-0.2, -0.15) is 5.10 Å². The van der Waals surface area contributed by atoms with Crippen molar-refractivity contribution >= 4 is 29.9 Å². The fourth-order valence-electron chi connectivity index (χ4n) is 4.19. The molecule has 0 radical (unpaired) electrons. The molecule has 0 bridgehead atoms. The lowest BCUT2D eigenvalue weighted by molar-refractivity contribution is 0.187. The molecule has 148 valence electrons. The van der Waals surface area contributed by atoms with Gasteiger partial charge in [-0.15, -0.1) is 24.0 Å². The third kappa shape index (κ3) is 5.58. The van der Waals surface area contributed by atoms with Crippen molar-refractivity contribution in [1.82, 2.24) is 24.9 Å². The Morgan fingerprint density at radius 3 is 2.65 bits per heavy atom. The Bertz CT molecular complexity index is 564. The maximum atomic E-state index is 4.51. The van der Waals surface area contributed by atoms with Gasteiger partial charge in [0, 0.05) is 45.8 Å². The highest BCUT2D eigenvalue weighted by Gasteiger charge is 2.27. The molecule has 3 rings (SSSR count). The van der Waals surface area contributed by atoms with Gasteiger partial charge in [0.2, 0.25) is 0 Å². The zero-order chi connectivity index (χ0) is 17.6. The van der Waals surface area contributed by atoms with Crippen molar-refractivity contribution in [2.75, 3.05) is 46.3 Å². The number of hydrogen-bond acceptors (Lipinski definition) is 3. The molecule has 6 nitrogen and oxygen atoms in total. The summed E-state index contributed by atoms with van der Waals surface area (Å²) in [6.45, 7) is 9.17. The van der Waals surface area contributed by atoms with Crippen LogP contribution in [0.3, 0.4) is 0 Å². The highest BCUT2D eigenvalue weighted by atomic mass is 127. The molecule has 7 heteroatoms. The van der Waals surface area contributed by atoms with Crippen molar-refractivity contribution in [1.29, 1.82) is 0 Å². The van der Waals surface area contributed by atoms with Crippen molar-refractivity contribution in [3.63, 3.8) is 0 Å². The Balaban J connectivity index is 0.00000243. The molecule has 1 unspecified atom stereocenters. The molecule has 2 aliphatic heterocycles. The summed E-state index contributed by atoms with van der Waals surface area (Å²) < 4.78 is 1.90. The second kappa shape index (κ2) is 10.5. The number of halogens is 1. The molecule has 1 aromatic rings. The average Bonchev–Trinajstić information content (AvgIpc) is 3.28. The number of aromatic nitrogens is 2. The fourth-order valence-corrected chi connectivity index (χ4v) is 4.19. The van der Waals surface area contributed by atoms with Gasteiger partial charge in [-0.3, -0.25) is 9.67 Å². The summed E-state index contributed by atoms with van der Waals surface area (Å²) in [4.78, 5) is 9.48. The first-order valence-corrected chi connectivity index (χ1v) is 9.86. The van der Waals surface area contributed by atoms with Crippen LogP contribution in [0.1, 0.15) is 44.1 Å². The van der Waals surface area contributed by atoms with Crippen LogP contribution in [0.2, 0.25) is 0 Å². The lowest BCUT2D eigenvalue weighted by atomic mass is 9.93. The van der Waals surface area contributed by atoms with Gasteiger partial charge in [-0.1, -0.05) is 6.92 Å². The van der Waals surface area contributed by atoms with Crippen LogP contribution in [0.15, 0.2) is 17.4 Å². The van der Waals surface area contributed by atoms with Crippen LogP contribution in [0.25, 0.3) is 0 Å². The van der Waals surface area contributed by atoms with E-state index in [0.29, 0.717) is 5.92 Å². The third-order valence-corrected chi connectivity index (χ3v) is 5.89. The number of nitrogens with one attached hydrogen (secondary N) is 1. The van der Waals surface area contributed by atoms with Crippen LogP contribution in [-0.4, -0.2) is 71.9 Å². The summed E-state index contributed by atoms with van der Waals surface area (Å²) in [5.74, 6) is 2.51. The Morgan fingerprint density at radius 1 is 1.27 bits per heavy atom. The largest absolute Gasteiger partial charge is 0.356 e. The molecule has 0 amide bonds. The SMILES string of the molecule is CCN1CCC(CCNC(=NC)N2CCC(c3cnn(C)c3)C2)CC1.I. The molecule has 3 heterocycles. The van der Waals surface area contributed by atoms with Gasteiger partial charge in [-0.05, 0) is 56.8 Å². The number of aliphatic imine (C=N–C) groups is 1. The van der Waals surface area contributed by atoms with Crippen LogP contribution in [0, 0.1) is 5.92 Å². The molecule has 0 aromatic carbocycles. The summed E-state index contributed by atoms with van der Waals surface area (Å²) in [6.07, 6.45) is 9.29. The summed E-state index contributed by atoms with van der Waals surface area (Å²) in [7, 11) is 3.89. The zero-order valence-corrected chi connectivity index (χ0v) is 18.9. The van der Waals surface area contributed by atoms with Crippen LogP contribution in [-0.2, 0) is 7.05 Å². The minimum absolute atomic E-state index is 0. The highest BCUT2D eigenvalue weighted by Crippen LogP contribution is 2.26. The second-order valence-electron chi connectivity index (χ2n) is 7.52. The molecule has 26 heavy (non-hydrogen) atoms. The topological polar surface area (TPSA) is 48.7 Å². The normalized spacial score (nSPS) is 22.5. The summed E-state index contributed by atoms with van der Waals surface area (Å²) in [5.41, 5.74) is 1.35. The molecule has 2 fully saturated rings. The van der Waals surface area contributed by atoms with Gasteiger partial charge in [0.1, 0.15) is 0 Å². The highest BCUT2D eigenvalue weighted by molar-refractivity contribution is 14.0. The van der Waals surface area contributed by atoms with Gasteiger partial charge >= 0.3 is 0 Å². The van der Waals surface area contributed by atoms with Crippen LogP contribution in [0.5, 0.6) is 0 Å². The molecular formula is C19H35IN6. The van der Waals surface area contributed by atoms with Gasteiger partial charge < -0.3 is 15.1 Å². The first-order valence-electron chi connectivity index (χ1n) is 9.86. The fraction of sp³-hybridized carbons (Fsp3) is 0.789. The molecular weight excluding hydrogens is 439 g/mol. The zero-order valence-electron chi connectivity index (χ0n) is 16.5. The standard InChI is InChI=1S/C19H34N6.HI/c1-4-24-10-6-16(7-11-24)5-9-21-19(20-2)25-12-8-17(15-25)18-13-22-23(3)14-18;/h13-14,16-17H,4-12,15H2,1-3H3,(H,20,21);1H. The Labute approximate surface area is 175 Å². The van der Waals surface area contributed by atoms with E-state index >= 15 is 0 Å². The van der Waals surface area contributed by atoms with Gasteiger partial charge in [0.15, 0.2) is 5.96 Å². The molecule has 1 aromatic heterocycles. The van der Waals surface area contributed by atoms with Crippen molar-refractivity contribution in [3.05, 3.63) is 18.0 Å². The quantitative estimate of drug-likeness (QED) is 0.405. The van der Waals surface area contributed by atoms with Gasteiger partial charge in [0.05, 0.1) is 6.20 Å². The minimum Gasteiger partial charge on any atom is -0.356 e. The number of nitrogens with zero attached hydrogens (tertiary/aromatic N) is 5. The first-order chi connectivity index (χ1) is 12.2. The lowest BCUT2D eigenvalue weighted by Gasteiger charge is -2.31. The number of piperidine rings is 1. The van der Waals surface area contributed by atoms with E-state index in [0.717, 1.165) is 31.5 Å². The van der Waals surface area contributed by atoms with E-state index in [9.17, 15) is 0 Å². The van der Waals surface area contributed by atoms with Gasteiger partial charge in [0.25, 0.3) is 0 Å². The predicted octanol–water partition coefficient (Wildman–Crippen LogP) is 2.52. The minimum atomic E-state index is 0. The van der Waals surface area contributed by atoms with Crippen molar-refractivity contribution in [3.8, 4) is 0 Å². The predicted molar refractivity (Wildman–Crippen MR) is 118 cm³/mol. The Morgan fingerprint density at radius 2 is 2.04 bits per heavy atom. The number of likely N-dealkylation sites (tertiary alicyclic amines) is 2. The Hall–Kier alpha value is -0.830. The van der Waals surface area contributed by atoms with E-state index in [1.54, 1.807) is 0 Å². The summed E-state index contributed by atoms with van der Waals surface area (Å²) >= 11 is 0. The van der Waals surface area contributed by atoms with E-state index in [2.05, 4.69) is 38.3 Å². The molecule has 0 spiro atoms. The van der Waals surface area contributed by atoms with Crippen molar-refractivity contribution in [2.24, 2.45) is 18.0 Å². The third-order valence-electron chi connectivity index (χ3n) is 5.89. The van der Waals surface area contributed by atoms with E-state index in [4.69, 9.17) is 0 Å². The van der Waals surface area contributed by atoms with Crippen LogP contribution < -0.4 is 5.32 Å². The van der Waals surface area contributed by atoms with Crippen molar-refractivity contribution in [2.45, 2.75) is 38.5 Å². The second-order valence-corrected chi connectivity index (χ2v) is 7.52. The maximum Gasteiger partial charge on any atom is 0.193 e. The van der Waals surface area contributed by atoms with E-state index < -0.39 is 0 Å². The number of hydrogen-bond donors (Lipinski definition) is 1. The molecule has 2 aliphatic rings. The average molecular weight is 474 g/mol. The van der Waals surface area contributed by atoms with Crippen LogP contribution in [0.4, 0.5) is 0 Å². The lowest BCUT2D eigenvalue weighted by Crippen LogP contribution is -2.41. The number of guanidine groups is 1. The van der Waals surface area contributed by atoms with Gasteiger partial charge in [-0.25, -0.2) is 0 Å². The monoisotopic (exact) mass is 474 g/mol. The molecule has 1 N–H and O–H groups in total. The van der Waals surface area contributed by atoms with Crippen LogP contribution >= 0.6 is 24.0 Å². The molecule has 0 aliphatic carbocycles.